The van der Waals surface area contributed by atoms with Crippen LogP contribution in [0.3, 0.4) is 0 Å². The van der Waals surface area contributed by atoms with E-state index in [4.69, 9.17) is 0 Å². The smallest absolute Gasteiger partial charge is 0.164 e. The molecule has 0 aliphatic heterocycles. The van der Waals surface area contributed by atoms with Gasteiger partial charge in [-0.3, -0.25) is 4.68 Å². The van der Waals surface area contributed by atoms with Crippen molar-refractivity contribution in [3.8, 4) is 0 Å². The Morgan fingerprint density at radius 1 is 1.27 bits per heavy atom. The Morgan fingerprint density at radius 2 is 2.07 bits per heavy atom. The summed E-state index contributed by atoms with van der Waals surface area (Å²) < 4.78 is 1.68. The van der Waals surface area contributed by atoms with Crippen LogP contribution in [0, 0.1) is 0 Å². The number of hydrogen-bond donors (Lipinski definition) is 1. The van der Waals surface area contributed by atoms with E-state index in [1.807, 2.05) is 7.05 Å². The first-order chi connectivity index (χ1) is 7.34. The van der Waals surface area contributed by atoms with E-state index >= 15 is 0 Å². The van der Waals surface area contributed by atoms with Gasteiger partial charge in [-0.25, -0.2) is 15.0 Å². The number of hydrogen-bond acceptors (Lipinski definition) is 5. The van der Waals surface area contributed by atoms with Gasteiger partial charge in [-0.05, 0) is 0 Å². The fourth-order valence-electron chi connectivity index (χ4n) is 1.20. The second-order valence-electron chi connectivity index (χ2n) is 3.18. The lowest BCUT2D eigenvalue weighted by molar-refractivity contribution is 0.646. The van der Waals surface area contributed by atoms with Crippen molar-refractivity contribution in [1.29, 1.82) is 0 Å². The maximum Gasteiger partial charge on any atom is 0.164 e. The Kier molecular flexibility index (Phi) is 2.99. The number of aromatic nitrogens is 5. The number of nitrogens with one attached hydrogen (secondary N) is 1. The minimum atomic E-state index is 0.649. The average molecular weight is 204 g/mol. The van der Waals surface area contributed by atoms with Crippen molar-refractivity contribution in [3.63, 3.8) is 0 Å². The molecule has 0 spiro atoms. The Morgan fingerprint density at radius 3 is 2.73 bits per heavy atom. The second-order valence-corrected chi connectivity index (χ2v) is 3.18. The van der Waals surface area contributed by atoms with E-state index in [0.29, 0.717) is 6.54 Å². The normalized spacial score (nSPS) is 10.5. The van der Waals surface area contributed by atoms with E-state index in [1.54, 1.807) is 23.4 Å². The molecule has 0 fully saturated rings. The molecule has 0 aliphatic rings. The third kappa shape index (κ3) is 2.81. The van der Waals surface area contributed by atoms with Crippen LogP contribution in [-0.2, 0) is 20.1 Å². The van der Waals surface area contributed by atoms with Crippen LogP contribution in [0.1, 0.15) is 11.4 Å². The molecule has 0 amide bonds. The molecule has 6 heteroatoms. The van der Waals surface area contributed by atoms with Crippen LogP contribution in [0.25, 0.3) is 0 Å². The van der Waals surface area contributed by atoms with Gasteiger partial charge in [-0.15, -0.1) is 0 Å². The zero-order valence-corrected chi connectivity index (χ0v) is 8.46. The summed E-state index contributed by atoms with van der Waals surface area (Å²) in [7, 11) is 1.85. The van der Waals surface area contributed by atoms with E-state index in [2.05, 4.69) is 25.4 Å². The summed E-state index contributed by atoms with van der Waals surface area (Å²) in [6, 6.07) is 0. The topological polar surface area (TPSA) is 68.5 Å². The summed E-state index contributed by atoms with van der Waals surface area (Å²) in [6.07, 6.45) is 6.77. The first-order valence-corrected chi connectivity index (χ1v) is 4.64. The fourth-order valence-corrected chi connectivity index (χ4v) is 1.20. The first-order valence-electron chi connectivity index (χ1n) is 4.64. The molecule has 0 radical (unpaired) electrons. The second kappa shape index (κ2) is 4.61. The highest BCUT2D eigenvalue weighted by atomic mass is 15.3. The van der Waals surface area contributed by atoms with Crippen LogP contribution in [0.4, 0.5) is 0 Å². The van der Waals surface area contributed by atoms with Gasteiger partial charge in [0, 0.05) is 31.5 Å². The predicted octanol–water partition coefficient (Wildman–Crippen LogP) is -0.105. The lowest BCUT2D eigenvalue weighted by atomic mass is 10.3. The molecule has 0 saturated carbocycles. The van der Waals surface area contributed by atoms with Crippen molar-refractivity contribution in [2.24, 2.45) is 7.05 Å². The van der Waals surface area contributed by atoms with Gasteiger partial charge >= 0.3 is 0 Å². The zero-order chi connectivity index (χ0) is 10.5. The molecule has 15 heavy (non-hydrogen) atoms. The average Bonchev–Trinajstić information content (AvgIpc) is 2.66. The molecule has 6 nitrogen and oxygen atoms in total. The van der Waals surface area contributed by atoms with E-state index in [-0.39, 0.29) is 0 Å². The summed E-state index contributed by atoms with van der Waals surface area (Å²) in [5.41, 5.74) is 1.05. The fraction of sp³-hybridized carbons (Fsp3) is 0.333. The molecule has 1 N–H and O–H groups in total. The first kappa shape index (κ1) is 9.72. The van der Waals surface area contributed by atoms with Crippen LogP contribution in [0.2, 0.25) is 0 Å². The lowest BCUT2D eigenvalue weighted by Crippen LogP contribution is -2.14. The largest absolute Gasteiger partial charge is 0.306 e. The van der Waals surface area contributed by atoms with Gasteiger partial charge in [0.1, 0.15) is 12.7 Å². The van der Waals surface area contributed by atoms with Crippen molar-refractivity contribution in [2.45, 2.75) is 13.1 Å². The lowest BCUT2D eigenvalue weighted by Gasteiger charge is -2.00. The van der Waals surface area contributed by atoms with Crippen molar-refractivity contribution < 1.29 is 0 Å². The minimum Gasteiger partial charge on any atom is -0.306 e. The Bertz CT molecular complexity index is 410. The minimum absolute atomic E-state index is 0.649. The van der Waals surface area contributed by atoms with Crippen molar-refractivity contribution >= 4 is 0 Å². The van der Waals surface area contributed by atoms with Crippen molar-refractivity contribution in [3.05, 3.63) is 36.4 Å². The molecule has 0 aromatic carbocycles. The highest BCUT2D eigenvalue weighted by Gasteiger charge is 1.98. The standard InChI is InChI=1S/C9H12N6/c1-15-7-13-9(14-15)5-10-2-8-3-11-6-12-4-8/h3-4,6-7,10H,2,5H2,1H3. The molecule has 2 aromatic rings. The monoisotopic (exact) mass is 204 g/mol. The third-order valence-corrected chi connectivity index (χ3v) is 1.87. The highest BCUT2D eigenvalue weighted by Crippen LogP contribution is 1.93. The highest BCUT2D eigenvalue weighted by molar-refractivity contribution is 5.01. The van der Waals surface area contributed by atoms with Crippen LogP contribution >= 0.6 is 0 Å². The molecule has 2 aromatic heterocycles. The van der Waals surface area contributed by atoms with E-state index in [1.165, 1.54) is 6.33 Å². The molecule has 0 saturated heterocycles. The van der Waals surface area contributed by atoms with Gasteiger partial charge in [0.05, 0.1) is 6.54 Å². The number of aryl methyl sites for hydroxylation is 1. The summed E-state index contributed by atoms with van der Waals surface area (Å²) in [5.74, 6) is 0.786. The van der Waals surface area contributed by atoms with E-state index in [9.17, 15) is 0 Å². The van der Waals surface area contributed by atoms with Gasteiger partial charge in [-0.2, -0.15) is 5.10 Å². The molecule has 78 valence electrons. The van der Waals surface area contributed by atoms with Crippen LogP contribution < -0.4 is 5.32 Å². The molecule has 0 bridgehead atoms. The Balaban J connectivity index is 1.80. The maximum absolute atomic E-state index is 4.15. The number of nitrogens with zero attached hydrogens (tertiary/aromatic N) is 5. The van der Waals surface area contributed by atoms with Crippen LogP contribution in [-0.4, -0.2) is 24.7 Å². The molecular weight excluding hydrogens is 192 g/mol. The summed E-state index contributed by atoms with van der Waals surface area (Å²) >= 11 is 0. The molecule has 2 heterocycles. The Hall–Kier alpha value is -1.82. The van der Waals surface area contributed by atoms with Gasteiger partial charge in [-0.1, -0.05) is 0 Å². The number of rotatable bonds is 4. The molecule has 0 atom stereocenters. The van der Waals surface area contributed by atoms with E-state index in [0.717, 1.165) is 17.9 Å². The Labute approximate surface area is 87.4 Å². The SMILES string of the molecule is Cn1cnc(CNCc2cncnc2)n1. The van der Waals surface area contributed by atoms with Crippen LogP contribution in [0.15, 0.2) is 25.0 Å². The van der Waals surface area contributed by atoms with Gasteiger partial charge in [0.25, 0.3) is 0 Å². The quantitative estimate of drug-likeness (QED) is 0.753. The predicted molar refractivity (Wildman–Crippen MR) is 53.6 cm³/mol. The summed E-state index contributed by atoms with van der Waals surface area (Å²) in [4.78, 5) is 12.0. The maximum atomic E-state index is 4.15. The van der Waals surface area contributed by atoms with Gasteiger partial charge in [0.15, 0.2) is 5.82 Å². The van der Waals surface area contributed by atoms with Gasteiger partial charge in [0.2, 0.25) is 0 Å². The van der Waals surface area contributed by atoms with Crippen molar-refractivity contribution in [2.75, 3.05) is 0 Å². The molecule has 2 rings (SSSR count). The third-order valence-electron chi connectivity index (χ3n) is 1.87. The summed E-state index contributed by atoms with van der Waals surface area (Å²) in [6.45, 7) is 1.37. The van der Waals surface area contributed by atoms with E-state index < -0.39 is 0 Å². The summed E-state index contributed by atoms with van der Waals surface area (Å²) in [5, 5.41) is 7.37. The van der Waals surface area contributed by atoms with Crippen LogP contribution in [0.5, 0.6) is 0 Å². The molecule has 0 aliphatic carbocycles. The van der Waals surface area contributed by atoms with Crippen molar-refractivity contribution in [1.82, 2.24) is 30.0 Å². The zero-order valence-electron chi connectivity index (χ0n) is 8.46. The molecule has 0 unspecified atom stereocenters. The molecular formula is C9H12N6. The van der Waals surface area contributed by atoms with Gasteiger partial charge < -0.3 is 5.32 Å².